The number of benzene rings is 2. The highest BCUT2D eigenvalue weighted by Gasteiger charge is 2.03. The number of rotatable bonds is 5. The molecule has 0 aliphatic rings. The third-order valence-corrected chi connectivity index (χ3v) is 3.78. The first-order valence-electron chi connectivity index (χ1n) is 7.76. The van der Waals surface area contributed by atoms with Gasteiger partial charge in [-0.25, -0.2) is 0 Å². The summed E-state index contributed by atoms with van der Waals surface area (Å²) in [4.78, 5) is 6.40. The van der Waals surface area contributed by atoms with Crippen LogP contribution in [0.3, 0.4) is 0 Å². The topological polar surface area (TPSA) is 58.7 Å². The van der Waals surface area contributed by atoms with Gasteiger partial charge >= 0.3 is 0 Å². The predicted molar refractivity (Wildman–Crippen MR) is 94.9 cm³/mol. The molecule has 0 bridgehead atoms. The van der Waals surface area contributed by atoms with E-state index in [0.717, 1.165) is 23.7 Å². The van der Waals surface area contributed by atoms with Crippen LogP contribution in [0.4, 0.5) is 17.3 Å². The van der Waals surface area contributed by atoms with Gasteiger partial charge in [-0.2, -0.15) is 4.98 Å². The van der Waals surface area contributed by atoms with Crippen LogP contribution in [0.1, 0.15) is 11.4 Å². The molecule has 0 saturated heterocycles. The standard InChI is InChI=1S/C18H20N6/c1-14-19-18(22-24(14)3)21-20-16-9-11-17(12-10-16)23(2)13-15-7-5-4-6-8-15/h4-12H,13H2,1-3H3. The molecule has 3 rings (SSSR count). The quantitative estimate of drug-likeness (QED) is 0.663. The van der Waals surface area contributed by atoms with Crippen molar-refractivity contribution in [3.8, 4) is 0 Å². The van der Waals surface area contributed by atoms with Crippen LogP contribution in [0.25, 0.3) is 0 Å². The van der Waals surface area contributed by atoms with Crippen molar-refractivity contribution in [1.29, 1.82) is 0 Å². The van der Waals surface area contributed by atoms with Gasteiger partial charge in [0.15, 0.2) is 0 Å². The molecule has 1 aromatic heterocycles. The molecule has 0 fully saturated rings. The molecule has 0 saturated carbocycles. The van der Waals surface area contributed by atoms with Crippen LogP contribution >= 0.6 is 0 Å². The number of nitrogens with zero attached hydrogens (tertiary/aromatic N) is 6. The largest absolute Gasteiger partial charge is 0.370 e. The van der Waals surface area contributed by atoms with Crippen molar-refractivity contribution in [2.24, 2.45) is 17.3 Å². The number of anilines is 1. The molecule has 6 heteroatoms. The van der Waals surface area contributed by atoms with E-state index in [-0.39, 0.29) is 0 Å². The number of aromatic nitrogens is 3. The molecule has 24 heavy (non-hydrogen) atoms. The van der Waals surface area contributed by atoms with E-state index in [1.807, 2.05) is 44.3 Å². The summed E-state index contributed by atoms with van der Waals surface area (Å²) in [6.45, 7) is 2.74. The normalized spacial score (nSPS) is 11.1. The van der Waals surface area contributed by atoms with E-state index in [1.54, 1.807) is 4.68 Å². The van der Waals surface area contributed by atoms with Crippen LogP contribution in [0.5, 0.6) is 0 Å². The first kappa shape index (κ1) is 15.9. The second-order valence-corrected chi connectivity index (χ2v) is 5.64. The minimum Gasteiger partial charge on any atom is -0.370 e. The fraction of sp³-hybridized carbons (Fsp3) is 0.222. The van der Waals surface area contributed by atoms with Gasteiger partial charge < -0.3 is 4.90 Å². The number of hydrogen-bond acceptors (Lipinski definition) is 5. The molecule has 1 heterocycles. The lowest BCUT2D eigenvalue weighted by Crippen LogP contribution is -2.15. The highest BCUT2D eigenvalue weighted by molar-refractivity contribution is 5.52. The highest BCUT2D eigenvalue weighted by Crippen LogP contribution is 2.21. The Morgan fingerprint density at radius 3 is 2.33 bits per heavy atom. The minimum atomic E-state index is 0.375. The number of aryl methyl sites for hydroxylation is 2. The summed E-state index contributed by atoms with van der Waals surface area (Å²) in [7, 11) is 3.91. The Bertz CT molecular complexity index is 801. The molecule has 0 unspecified atom stereocenters. The van der Waals surface area contributed by atoms with Gasteiger partial charge in [0.25, 0.3) is 5.95 Å². The van der Waals surface area contributed by atoms with E-state index in [9.17, 15) is 0 Å². The second-order valence-electron chi connectivity index (χ2n) is 5.64. The summed E-state index contributed by atoms with van der Waals surface area (Å²) in [5, 5.41) is 12.4. The number of hydrogen-bond donors (Lipinski definition) is 0. The van der Waals surface area contributed by atoms with Gasteiger partial charge in [-0.05, 0) is 36.8 Å². The maximum Gasteiger partial charge on any atom is 0.287 e. The minimum absolute atomic E-state index is 0.375. The fourth-order valence-corrected chi connectivity index (χ4v) is 2.31. The third kappa shape index (κ3) is 3.84. The Balaban J connectivity index is 1.66. The smallest absolute Gasteiger partial charge is 0.287 e. The molecule has 0 atom stereocenters. The average molecular weight is 320 g/mol. The lowest BCUT2D eigenvalue weighted by molar-refractivity contribution is 0.734. The zero-order chi connectivity index (χ0) is 16.9. The highest BCUT2D eigenvalue weighted by atomic mass is 15.4. The van der Waals surface area contributed by atoms with Crippen molar-refractivity contribution in [3.63, 3.8) is 0 Å². The Kier molecular flexibility index (Phi) is 4.65. The van der Waals surface area contributed by atoms with Gasteiger partial charge in [0, 0.05) is 26.3 Å². The Labute approximate surface area is 141 Å². The molecule has 3 aromatic rings. The summed E-state index contributed by atoms with van der Waals surface area (Å²) in [6.07, 6.45) is 0. The van der Waals surface area contributed by atoms with Crippen molar-refractivity contribution in [3.05, 3.63) is 66.0 Å². The van der Waals surface area contributed by atoms with Gasteiger partial charge in [-0.15, -0.1) is 15.3 Å². The first-order valence-corrected chi connectivity index (χ1v) is 7.76. The van der Waals surface area contributed by atoms with Crippen LogP contribution in [-0.4, -0.2) is 21.8 Å². The Hall–Kier alpha value is -3.02. The van der Waals surface area contributed by atoms with E-state index in [4.69, 9.17) is 0 Å². The molecule has 0 spiro atoms. The van der Waals surface area contributed by atoms with E-state index in [2.05, 4.69) is 56.5 Å². The molecule has 0 N–H and O–H groups in total. The van der Waals surface area contributed by atoms with E-state index in [1.165, 1.54) is 5.56 Å². The van der Waals surface area contributed by atoms with Crippen molar-refractivity contribution in [2.75, 3.05) is 11.9 Å². The zero-order valence-electron chi connectivity index (χ0n) is 14.1. The van der Waals surface area contributed by atoms with Crippen molar-refractivity contribution in [2.45, 2.75) is 13.5 Å². The fourth-order valence-electron chi connectivity index (χ4n) is 2.31. The molecule has 0 aliphatic carbocycles. The zero-order valence-corrected chi connectivity index (χ0v) is 14.1. The first-order chi connectivity index (χ1) is 11.6. The molecule has 122 valence electrons. The molecule has 2 aromatic carbocycles. The number of azo groups is 1. The average Bonchev–Trinajstić information content (AvgIpc) is 2.92. The van der Waals surface area contributed by atoms with Gasteiger partial charge in [0.05, 0.1) is 5.69 Å². The summed E-state index contributed by atoms with van der Waals surface area (Å²) < 4.78 is 1.68. The van der Waals surface area contributed by atoms with E-state index >= 15 is 0 Å². The van der Waals surface area contributed by atoms with Crippen LogP contribution in [0.2, 0.25) is 0 Å². The molecule has 0 amide bonds. The molecular formula is C18H20N6. The lowest BCUT2D eigenvalue weighted by atomic mass is 10.2. The maximum atomic E-state index is 4.20. The lowest BCUT2D eigenvalue weighted by Gasteiger charge is -2.19. The molecular weight excluding hydrogens is 300 g/mol. The molecule has 6 nitrogen and oxygen atoms in total. The predicted octanol–water partition coefficient (Wildman–Crippen LogP) is 4.18. The maximum absolute atomic E-state index is 4.20. The Morgan fingerprint density at radius 1 is 1.00 bits per heavy atom. The van der Waals surface area contributed by atoms with Gasteiger partial charge in [0.2, 0.25) is 0 Å². The molecule has 0 radical (unpaired) electrons. The van der Waals surface area contributed by atoms with Crippen molar-refractivity contribution in [1.82, 2.24) is 14.8 Å². The van der Waals surface area contributed by atoms with Crippen molar-refractivity contribution >= 4 is 17.3 Å². The van der Waals surface area contributed by atoms with Gasteiger partial charge in [-0.1, -0.05) is 30.3 Å². The van der Waals surface area contributed by atoms with Crippen LogP contribution in [-0.2, 0) is 13.6 Å². The summed E-state index contributed by atoms with van der Waals surface area (Å²) >= 11 is 0. The second kappa shape index (κ2) is 7.04. The summed E-state index contributed by atoms with van der Waals surface area (Å²) in [5.41, 5.74) is 3.18. The SMILES string of the molecule is Cc1nc(N=Nc2ccc(N(C)Cc3ccccc3)cc2)nn1C. The van der Waals surface area contributed by atoms with Crippen molar-refractivity contribution < 1.29 is 0 Å². The van der Waals surface area contributed by atoms with E-state index in [0.29, 0.717) is 5.95 Å². The summed E-state index contributed by atoms with van der Waals surface area (Å²) in [5.74, 6) is 1.18. The summed E-state index contributed by atoms with van der Waals surface area (Å²) in [6, 6.07) is 18.3. The molecule has 0 aliphatic heterocycles. The van der Waals surface area contributed by atoms with Crippen LogP contribution in [0, 0.1) is 6.92 Å². The Morgan fingerprint density at radius 2 is 1.71 bits per heavy atom. The monoisotopic (exact) mass is 320 g/mol. The van der Waals surface area contributed by atoms with Crippen LogP contribution < -0.4 is 4.90 Å². The third-order valence-electron chi connectivity index (χ3n) is 3.78. The van der Waals surface area contributed by atoms with Gasteiger partial charge in [0.1, 0.15) is 5.82 Å². The van der Waals surface area contributed by atoms with Gasteiger partial charge in [-0.3, -0.25) is 4.68 Å². The van der Waals surface area contributed by atoms with E-state index < -0.39 is 0 Å². The van der Waals surface area contributed by atoms with Crippen LogP contribution in [0.15, 0.2) is 64.8 Å².